The van der Waals surface area contributed by atoms with Crippen LogP contribution in [0.5, 0.6) is 5.75 Å². The number of benzene rings is 2. The van der Waals surface area contributed by atoms with Gasteiger partial charge in [-0.05, 0) is 36.4 Å². The lowest BCUT2D eigenvalue weighted by Gasteiger charge is -2.09. The van der Waals surface area contributed by atoms with Gasteiger partial charge in [-0.15, -0.1) is 0 Å². The lowest BCUT2D eigenvalue weighted by Crippen LogP contribution is -2.21. The van der Waals surface area contributed by atoms with Crippen LogP contribution in [0, 0.1) is 0 Å². The molecule has 0 saturated heterocycles. The molecule has 2 rings (SSSR count). The van der Waals surface area contributed by atoms with Gasteiger partial charge in [0.25, 0.3) is 5.91 Å². The van der Waals surface area contributed by atoms with Gasteiger partial charge < -0.3 is 19.5 Å². The third-order valence-electron chi connectivity index (χ3n) is 3.30. The van der Waals surface area contributed by atoms with E-state index < -0.39 is 24.5 Å². The summed E-state index contributed by atoms with van der Waals surface area (Å²) in [5.74, 6) is -1.36. The summed E-state index contributed by atoms with van der Waals surface area (Å²) < 4.78 is 14.6. The molecule has 26 heavy (non-hydrogen) atoms. The van der Waals surface area contributed by atoms with E-state index >= 15 is 0 Å². The smallest absolute Gasteiger partial charge is 0.339 e. The lowest BCUT2D eigenvalue weighted by molar-refractivity contribution is -0.119. The molecule has 0 radical (unpaired) electrons. The van der Waals surface area contributed by atoms with Gasteiger partial charge in [-0.2, -0.15) is 0 Å². The van der Waals surface area contributed by atoms with Gasteiger partial charge in [-0.1, -0.05) is 17.7 Å². The summed E-state index contributed by atoms with van der Waals surface area (Å²) in [4.78, 5) is 35.5. The van der Waals surface area contributed by atoms with Crippen LogP contribution < -0.4 is 10.1 Å². The molecule has 0 aliphatic rings. The van der Waals surface area contributed by atoms with Gasteiger partial charge in [-0.25, -0.2) is 9.59 Å². The Morgan fingerprint density at radius 3 is 2.50 bits per heavy atom. The fraction of sp³-hybridized carbons (Fsp3) is 0.167. The summed E-state index contributed by atoms with van der Waals surface area (Å²) in [6, 6.07) is 10.7. The highest BCUT2D eigenvalue weighted by Crippen LogP contribution is 2.21. The van der Waals surface area contributed by atoms with Crippen LogP contribution in [-0.4, -0.2) is 38.7 Å². The predicted octanol–water partition coefficient (Wildman–Crippen LogP) is 2.93. The quantitative estimate of drug-likeness (QED) is 0.778. The van der Waals surface area contributed by atoms with Crippen molar-refractivity contribution in [1.82, 2.24) is 0 Å². The number of hydrogen-bond acceptors (Lipinski definition) is 6. The maximum Gasteiger partial charge on any atom is 0.339 e. The van der Waals surface area contributed by atoms with Crippen LogP contribution in [0.2, 0.25) is 5.02 Å². The molecule has 0 fully saturated rings. The number of rotatable bonds is 6. The third-order valence-corrected chi connectivity index (χ3v) is 3.62. The van der Waals surface area contributed by atoms with Crippen molar-refractivity contribution in [3.63, 3.8) is 0 Å². The number of hydrogen-bond donors (Lipinski definition) is 1. The van der Waals surface area contributed by atoms with Crippen molar-refractivity contribution in [1.29, 1.82) is 0 Å². The number of ether oxygens (including phenoxy) is 3. The first-order valence-corrected chi connectivity index (χ1v) is 7.81. The Hall–Kier alpha value is -3.06. The molecule has 1 amide bonds. The minimum absolute atomic E-state index is 0.111. The zero-order chi connectivity index (χ0) is 19.1. The topological polar surface area (TPSA) is 90.9 Å². The molecule has 0 spiro atoms. The van der Waals surface area contributed by atoms with E-state index in [2.05, 4.69) is 10.1 Å². The maximum atomic E-state index is 12.0. The molecule has 0 saturated carbocycles. The van der Waals surface area contributed by atoms with Crippen LogP contribution in [0.1, 0.15) is 20.7 Å². The second-order valence-electron chi connectivity index (χ2n) is 5.04. The Kier molecular flexibility index (Phi) is 6.57. The summed E-state index contributed by atoms with van der Waals surface area (Å²) in [5, 5.41) is 2.70. The molecule has 7 nitrogen and oxygen atoms in total. The van der Waals surface area contributed by atoms with E-state index in [4.69, 9.17) is 21.1 Å². The molecule has 8 heteroatoms. The maximum absolute atomic E-state index is 12.0. The number of anilines is 1. The first kappa shape index (κ1) is 19.3. The molecule has 2 aromatic rings. The second kappa shape index (κ2) is 8.87. The van der Waals surface area contributed by atoms with E-state index in [9.17, 15) is 14.4 Å². The Labute approximate surface area is 154 Å². The average Bonchev–Trinajstić information content (AvgIpc) is 2.67. The molecular formula is C18H16ClNO6. The van der Waals surface area contributed by atoms with E-state index in [1.54, 1.807) is 18.2 Å². The summed E-state index contributed by atoms with van der Waals surface area (Å²) in [6.45, 7) is -0.494. The molecular weight excluding hydrogens is 362 g/mol. The molecule has 0 aromatic heterocycles. The van der Waals surface area contributed by atoms with Crippen molar-refractivity contribution < 1.29 is 28.6 Å². The highest BCUT2D eigenvalue weighted by atomic mass is 35.5. The molecule has 2 aromatic carbocycles. The number of nitrogens with one attached hydrogen (secondary N) is 1. The third kappa shape index (κ3) is 4.97. The second-order valence-corrected chi connectivity index (χ2v) is 5.45. The van der Waals surface area contributed by atoms with Crippen LogP contribution in [0.4, 0.5) is 5.69 Å². The Morgan fingerprint density at radius 1 is 1.04 bits per heavy atom. The zero-order valence-corrected chi connectivity index (χ0v) is 14.8. The normalized spacial score (nSPS) is 9.96. The summed E-state index contributed by atoms with van der Waals surface area (Å²) in [5.41, 5.74) is 0.689. The highest BCUT2D eigenvalue weighted by Gasteiger charge is 2.14. The van der Waals surface area contributed by atoms with Crippen LogP contribution in [0.15, 0.2) is 42.5 Å². The molecule has 0 unspecified atom stereocenters. The SMILES string of the molecule is COC(=O)c1cc(NC(=O)COC(=O)c2cccc(OC)c2)ccc1Cl. The summed E-state index contributed by atoms with van der Waals surface area (Å²) >= 11 is 5.91. The van der Waals surface area contributed by atoms with E-state index in [1.165, 1.54) is 38.5 Å². The van der Waals surface area contributed by atoms with E-state index in [0.29, 0.717) is 11.4 Å². The summed E-state index contributed by atoms with van der Waals surface area (Å²) in [6.07, 6.45) is 0. The number of carbonyl (C=O) groups excluding carboxylic acids is 3. The van der Waals surface area contributed by atoms with Gasteiger partial charge in [0, 0.05) is 5.69 Å². The van der Waals surface area contributed by atoms with Crippen LogP contribution in [0.3, 0.4) is 0 Å². The van der Waals surface area contributed by atoms with Gasteiger partial charge in [0.05, 0.1) is 30.4 Å². The molecule has 0 aliphatic heterocycles. The number of carbonyl (C=O) groups is 3. The minimum Gasteiger partial charge on any atom is -0.497 e. The van der Waals surface area contributed by atoms with Gasteiger partial charge >= 0.3 is 11.9 Å². The van der Waals surface area contributed by atoms with Crippen LogP contribution in [-0.2, 0) is 14.3 Å². The van der Waals surface area contributed by atoms with Gasteiger partial charge in [0.1, 0.15) is 5.75 Å². The molecule has 0 atom stereocenters. The number of amides is 1. The number of methoxy groups -OCH3 is 2. The minimum atomic E-state index is -0.662. The Bertz CT molecular complexity index is 836. The van der Waals surface area contributed by atoms with Crippen molar-refractivity contribution in [2.24, 2.45) is 0 Å². The lowest BCUT2D eigenvalue weighted by atomic mass is 10.2. The van der Waals surface area contributed by atoms with Gasteiger partial charge in [-0.3, -0.25) is 4.79 Å². The van der Waals surface area contributed by atoms with Gasteiger partial charge in [0.15, 0.2) is 6.61 Å². The Balaban J connectivity index is 1.96. The van der Waals surface area contributed by atoms with E-state index in [0.717, 1.165) is 0 Å². The first-order chi connectivity index (χ1) is 12.4. The fourth-order valence-electron chi connectivity index (χ4n) is 2.03. The van der Waals surface area contributed by atoms with Crippen molar-refractivity contribution >= 4 is 35.1 Å². The predicted molar refractivity (Wildman–Crippen MR) is 94.7 cm³/mol. The van der Waals surface area contributed by atoms with Crippen LogP contribution >= 0.6 is 11.6 Å². The number of halogens is 1. The van der Waals surface area contributed by atoms with E-state index in [-0.39, 0.29) is 16.1 Å². The molecule has 0 bridgehead atoms. The summed E-state index contributed by atoms with van der Waals surface area (Å²) in [7, 11) is 2.70. The fourth-order valence-corrected chi connectivity index (χ4v) is 2.23. The van der Waals surface area contributed by atoms with Crippen molar-refractivity contribution in [2.75, 3.05) is 26.1 Å². The van der Waals surface area contributed by atoms with Crippen LogP contribution in [0.25, 0.3) is 0 Å². The van der Waals surface area contributed by atoms with Crippen molar-refractivity contribution in [2.45, 2.75) is 0 Å². The monoisotopic (exact) mass is 377 g/mol. The highest BCUT2D eigenvalue weighted by molar-refractivity contribution is 6.33. The standard InChI is InChI=1S/C18H16ClNO6/c1-24-13-5-3-4-11(8-13)17(22)26-10-16(21)20-12-6-7-15(19)14(9-12)18(23)25-2/h3-9H,10H2,1-2H3,(H,20,21). The molecule has 0 aliphatic carbocycles. The van der Waals surface area contributed by atoms with Gasteiger partial charge in [0.2, 0.25) is 0 Å². The Morgan fingerprint density at radius 2 is 1.81 bits per heavy atom. The average molecular weight is 378 g/mol. The van der Waals surface area contributed by atoms with Crippen molar-refractivity contribution in [3.8, 4) is 5.75 Å². The zero-order valence-electron chi connectivity index (χ0n) is 14.1. The molecule has 0 heterocycles. The largest absolute Gasteiger partial charge is 0.497 e. The molecule has 1 N–H and O–H groups in total. The number of esters is 2. The van der Waals surface area contributed by atoms with Crippen molar-refractivity contribution in [3.05, 3.63) is 58.6 Å². The first-order valence-electron chi connectivity index (χ1n) is 7.43. The molecule has 136 valence electrons. The van der Waals surface area contributed by atoms with E-state index in [1.807, 2.05) is 0 Å².